The van der Waals surface area contributed by atoms with Crippen LogP contribution in [0.5, 0.6) is 0 Å². The molecule has 1 saturated heterocycles. The van der Waals surface area contributed by atoms with Crippen molar-refractivity contribution in [3.8, 4) is 11.1 Å². The van der Waals surface area contributed by atoms with Gasteiger partial charge in [-0.05, 0) is 44.4 Å². The molecular weight excluding hydrogens is 446 g/mol. The first-order valence-electron chi connectivity index (χ1n) is 10.2. The van der Waals surface area contributed by atoms with Gasteiger partial charge in [0, 0.05) is 11.0 Å². The van der Waals surface area contributed by atoms with E-state index in [9.17, 15) is 27.6 Å². The van der Waals surface area contributed by atoms with Crippen molar-refractivity contribution in [2.75, 3.05) is 13.2 Å². The number of carboxylic acids is 1. The molecule has 0 atom stereocenters. The highest BCUT2D eigenvalue weighted by Gasteiger charge is 2.45. The lowest BCUT2D eigenvalue weighted by Crippen LogP contribution is -2.37. The predicted octanol–water partition coefficient (Wildman–Crippen LogP) is 5.75. The maximum atomic E-state index is 13.8. The molecule has 0 bridgehead atoms. The normalized spacial score (nSPS) is 17.8. The molecule has 2 heterocycles. The summed E-state index contributed by atoms with van der Waals surface area (Å²) in [6, 6.07) is 4.24. The summed E-state index contributed by atoms with van der Waals surface area (Å²) in [6.07, 6.45) is -3.20. The molecule has 1 N–H and O–H groups in total. The zero-order chi connectivity index (χ0) is 23.9. The number of aromatic nitrogens is 1. The van der Waals surface area contributed by atoms with E-state index >= 15 is 0 Å². The van der Waals surface area contributed by atoms with Crippen LogP contribution in [0.2, 0.25) is 0 Å². The SMILES string of the molecule is CCC1(CC)COP(=O)(c2c(C)nc(C)c(C(=O)O)c2-c2cccc(C(F)(F)F)c2)OC1. The lowest BCUT2D eigenvalue weighted by atomic mass is 9.84. The maximum Gasteiger partial charge on any atom is 0.416 e. The lowest BCUT2D eigenvalue weighted by Gasteiger charge is -2.39. The summed E-state index contributed by atoms with van der Waals surface area (Å²) in [5.74, 6) is -1.40. The van der Waals surface area contributed by atoms with Gasteiger partial charge in [-0.3, -0.25) is 9.55 Å². The van der Waals surface area contributed by atoms with Gasteiger partial charge in [-0.1, -0.05) is 26.0 Å². The molecule has 32 heavy (non-hydrogen) atoms. The van der Waals surface area contributed by atoms with Gasteiger partial charge < -0.3 is 14.2 Å². The lowest BCUT2D eigenvalue weighted by molar-refractivity contribution is -0.137. The Morgan fingerprint density at radius 1 is 1.16 bits per heavy atom. The van der Waals surface area contributed by atoms with E-state index in [1.54, 1.807) is 0 Å². The van der Waals surface area contributed by atoms with Crippen LogP contribution in [0.25, 0.3) is 11.1 Å². The molecule has 1 fully saturated rings. The Labute approximate surface area is 184 Å². The average Bonchev–Trinajstić information content (AvgIpc) is 2.73. The summed E-state index contributed by atoms with van der Waals surface area (Å²) in [7, 11) is -4.06. The number of rotatable bonds is 5. The van der Waals surface area contributed by atoms with Crippen molar-refractivity contribution >= 4 is 18.9 Å². The summed E-state index contributed by atoms with van der Waals surface area (Å²) in [5, 5.41) is 9.75. The second-order valence-electron chi connectivity index (χ2n) is 8.02. The van der Waals surface area contributed by atoms with E-state index in [1.165, 1.54) is 26.0 Å². The zero-order valence-corrected chi connectivity index (χ0v) is 19.1. The van der Waals surface area contributed by atoms with E-state index in [4.69, 9.17) is 9.05 Å². The van der Waals surface area contributed by atoms with Gasteiger partial charge in [0.15, 0.2) is 0 Å². The first-order valence-corrected chi connectivity index (χ1v) is 11.7. The number of halogens is 3. The van der Waals surface area contributed by atoms with Crippen LogP contribution in [-0.2, 0) is 19.8 Å². The Hall–Kier alpha value is -2.22. The Balaban J connectivity index is 2.29. The number of pyridine rings is 1. The van der Waals surface area contributed by atoms with Gasteiger partial charge >= 0.3 is 19.7 Å². The van der Waals surface area contributed by atoms with Gasteiger partial charge in [-0.2, -0.15) is 13.2 Å². The largest absolute Gasteiger partial charge is 0.478 e. The molecule has 1 aliphatic heterocycles. The number of carboxylic acid groups (broad SMARTS) is 1. The Morgan fingerprint density at radius 2 is 1.75 bits per heavy atom. The Morgan fingerprint density at radius 3 is 2.25 bits per heavy atom. The third-order valence-corrected chi connectivity index (χ3v) is 8.11. The van der Waals surface area contributed by atoms with Crippen molar-refractivity contribution in [2.24, 2.45) is 5.41 Å². The summed E-state index contributed by atoms with van der Waals surface area (Å²) in [5.41, 5.74) is -1.54. The fourth-order valence-electron chi connectivity index (χ4n) is 3.88. The molecule has 0 saturated carbocycles. The van der Waals surface area contributed by atoms with Crippen molar-refractivity contribution in [3.63, 3.8) is 0 Å². The molecule has 1 aliphatic rings. The molecular formula is C22H25F3NO5P. The van der Waals surface area contributed by atoms with Crippen LogP contribution >= 0.6 is 7.60 Å². The van der Waals surface area contributed by atoms with Crippen LogP contribution in [0, 0.1) is 19.3 Å². The van der Waals surface area contributed by atoms with Crippen LogP contribution in [0.1, 0.15) is 54.0 Å². The molecule has 2 aromatic rings. The van der Waals surface area contributed by atoms with Crippen molar-refractivity contribution in [3.05, 3.63) is 46.8 Å². The highest BCUT2D eigenvalue weighted by molar-refractivity contribution is 7.62. The van der Waals surface area contributed by atoms with E-state index in [1.807, 2.05) is 13.8 Å². The van der Waals surface area contributed by atoms with Crippen molar-refractivity contribution in [1.29, 1.82) is 0 Å². The van der Waals surface area contributed by atoms with Crippen LogP contribution in [0.15, 0.2) is 24.3 Å². The third kappa shape index (κ3) is 4.34. The molecule has 0 spiro atoms. The number of alkyl halides is 3. The van der Waals surface area contributed by atoms with E-state index in [0.29, 0.717) is 0 Å². The predicted molar refractivity (Wildman–Crippen MR) is 113 cm³/mol. The summed E-state index contributed by atoms with van der Waals surface area (Å²) < 4.78 is 65.4. The van der Waals surface area contributed by atoms with Crippen LogP contribution in [0.4, 0.5) is 13.2 Å². The van der Waals surface area contributed by atoms with E-state index in [2.05, 4.69) is 4.98 Å². The van der Waals surface area contributed by atoms with Crippen LogP contribution in [-0.4, -0.2) is 29.3 Å². The van der Waals surface area contributed by atoms with Gasteiger partial charge in [-0.15, -0.1) is 0 Å². The minimum absolute atomic E-state index is 0.0499. The molecule has 174 valence electrons. The first kappa shape index (κ1) is 24.4. The fourth-order valence-corrected chi connectivity index (χ4v) is 6.06. The minimum Gasteiger partial charge on any atom is -0.478 e. The van der Waals surface area contributed by atoms with Gasteiger partial charge in [0.2, 0.25) is 0 Å². The fraction of sp³-hybridized carbons (Fsp3) is 0.455. The highest BCUT2D eigenvalue weighted by Crippen LogP contribution is 2.56. The van der Waals surface area contributed by atoms with Gasteiger partial charge in [0.1, 0.15) is 0 Å². The number of aromatic carboxylic acids is 1. The summed E-state index contributed by atoms with van der Waals surface area (Å²) in [4.78, 5) is 16.3. The number of nitrogens with zero attached hydrogens (tertiary/aromatic N) is 1. The molecule has 3 rings (SSSR count). The van der Waals surface area contributed by atoms with E-state index < -0.39 is 25.3 Å². The molecule has 1 aromatic carbocycles. The molecule has 0 aliphatic carbocycles. The third-order valence-electron chi connectivity index (χ3n) is 6.07. The van der Waals surface area contributed by atoms with Crippen molar-refractivity contribution < 1.29 is 36.7 Å². The number of hydrogen-bond donors (Lipinski definition) is 1. The number of carbonyl (C=O) groups is 1. The maximum absolute atomic E-state index is 13.8. The second kappa shape index (κ2) is 8.61. The van der Waals surface area contributed by atoms with Gasteiger partial charge in [0.25, 0.3) is 0 Å². The quantitative estimate of drug-likeness (QED) is 0.559. The molecule has 1 aromatic heterocycles. The standard InChI is InChI=1S/C22H25F3NO5P/c1-5-21(6-2)11-30-32(29,31-12-21)19-14(4)26-13(3)17(20(27)28)18(19)15-8-7-9-16(10-15)22(23,24)25/h7-10H,5-6,11-12H2,1-4H3,(H,27,28). The van der Waals surface area contributed by atoms with Crippen LogP contribution < -0.4 is 5.30 Å². The minimum atomic E-state index is -4.64. The van der Waals surface area contributed by atoms with Crippen LogP contribution in [0.3, 0.4) is 0 Å². The smallest absolute Gasteiger partial charge is 0.416 e. The molecule has 0 unspecified atom stereocenters. The monoisotopic (exact) mass is 471 g/mol. The summed E-state index contributed by atoms with van der Waals surface area (Å²) in [6.45, 7) is 7.11. The van der Waals surface area contributed by atoms with Gasteiger partial charge in [-0.25, -0.2) is 4.79 Å². The van der Waals surface area contributed by atoms with Crippen molar-refractivity contribution in [1.82, 2.24) is 4.98 Å². The topological polar surface area (TPSA) is 85.7 Å². The van der Waals surface area contributed by atoms with E-state index in [0.717, 1.165) is 25.0 Å². The Bertz CT molecular complexity index is 1080. The Kier molecular flexibility index (Phi) is 6.57. The zero-order valence-electron chi connectivity index (χ0n) is 18.2. The number of benzene rings is 1. The molecule has 6 nitrogen and oxygen atoms in total. The average molecular weight is 471 g/mol. The van der Waals surface area contributed by atoms with Gasteiger partial charge in [0.05, 0.1) is 41.0 Å². The van der Waals surface area contributed by atoms with E-state index in [-0.39, 0.29) is 52.0 Å². The highest BCUT2D eigenvalue weighted by atomic mass is 31.2. The summed E-state index contributed by atoms with van der Waals surface area (Å²) >= 11 is 0. The molecule has 10 heteroatoms. The first-order chi connectivity index (χ1) is 14.9. The molecule has 0 radical (unpaired) electrons. The molecule has 0 amide bonds. The second-order valence-corrected chi connectivity index (χ2v) is 9.97. The number of aryl methyl sites for hydroxylation is 2. The van der Waals surface area contributed by atoms with Crippen molar-refractivity contribution in [2.45, 2.75) is 46.7 Å². The number of hydrogen-bond acceptors (Lipinski definition) is 5.